The summed E-state index contributed by atoms with van der Waals surface area (Å²) in [4.78, 5) is 37.2. The maximum absolute atomic E-state index is 5.12. The summed E-state index contributed by atoms with van der Waals surface area (Å²) < 4.78 is 6.88. The van der Waals surface area contributed by atoms with Crippen molar-refractivity contribution < 1.29 is 0 Å². The lowest BCUT2D eigenvalue weighted by Gasteiger charge is -2.27. The summed E-state index contributed by atoms with van der Waals surface area (Å²) in [5.74, 6) is 3.77. The molecule has 6 aromatic heterocycles. The number of hydrogen-bond donors (Lipinski definition) is 0. The predicted octanol–water partition coefficient (Wildman–Crippen LogP) is 31.7. The van der Waals surface area contributed by atoms with Crippen LogP contribution in [0.5, 0.6) is 0 Å². The number of fused-ring (bicyclic) bond motifs is 22. The van der Waals surface area contributed by atoms with E-state index in [2.05, 4.69) is 357 Å². The highest BCUT2D eigenvalue weighted by Crippen LogP contribution is 2.47. The maximum Gasteiger partial charge on any atom is 0.238 e. The number of rotatable bonds is 12. The van der Waals surface area contributed by atoms with Crippen molar-refractivity contribution in [2.75, 3.05) is 4.90 Å². The molecule has 626 valence electrons. The van der Waals surface area contributed by atoms with Gasteiger partial charge in [0, 0.05) is 105 Å². The molecule has 0 amide bonds. The summed E-state index contributed by atoms with van der Waals surface area (Å²) in [5, 5.41) is 24.1. The van der Waals surface area contributed by atoms with Gasteiger partial charge in [-0.05, 0) is 144 Å². The van der Waals surface area contributed by atoms with E-state index in [1.54, 1.807) is 0 Å². The molecule has 134 heavy (non-hydrogen) atoms. The van der Waals surface area contributed by atoms with Crippen molar-refractivity contribution in [3.63, 3.8) is 0 Å². The molecular formula is C123H79N11. The minimum atomic E-state index is 0.590. The van der Waals surface area contributed by atoms with Gasteiger partial charge in [-0.1, -0.05) is 394 Å². The molecule has 0 saturated heterocycles. The normalized spacial score (nSPS) is 11.6. The first kappa shape index (κ1) is 78.1. The van der Waals surface area contributed by atoms with Crippen LogP contribution in [0.25, 0.3) is 226 Å². The Labute approximate surface area is 771 Å². The summed E-state index contributed by atoms with van der Waals surface area (Å²) in [6.07, 6.45) is 1.84. The van der Waals surface area contributed by atoms with E-state index < -0.39 is 0 Å². The minimum Gasteiger partial charge on any atom is -0.310 e. The molecule has 27 aromatic rings. The summed E-state index contributed by atoms with van der Waals surface area (Å²) in [5.41, 5.74) is 19.6. The van der Waals surface area contributed by atoms with Crippen LogP contribution in [0.2, 0.25) is 0 Å². The fraction of sp³-hybridized carbons (Fsp3) is 0. The quantitative estimate of drug-likeness (QED) is 0.111. The van der Waals surface area contributed by atoms with E-state index in [0.29, 0.717) is 35.2 Å². The smallest absolute Gasteiger partial charge is 0.238 e. The molecule has 0 bridgehead atoms. The van der Waals surface area contributed by atoms with Gasteiger partial charge >= 0.3 is 0 Å². The molecule has 11 nitrogen and oxygen atoms in total. The van der Waals surface area contributed by atoms with Crippen molar-refractivity contribution >= 4 is 158 Å². The third kappa shape index (κ3) is 13.7. The van der Waals surface area contributed by atoms with Crippen LogP contribution in [0.1, 0.15) is 0 Å². The third-order valence-corrected chi connectivity index (χ3v) is 26.1. The Morgan fingerprint density at radius 3 is 1.01 bits per heavy atom. The summed E-state index contributed by atoms with van der Waals surface area (Å²) in [6, 6.07) is 167. The van der Waals surface area contributed by atoms with E-state index in [9.17, 15) is 0 Å². The highest BCUT2D eigenvalue weighted by molar-refractivity contribution is 6.26. The fourth-order valence-electron chi connectivity index (χ4n) is 19.9. The van der Waals surface area contributed by atoms with Gasteiger partial charge in [-0.2, -0.15) is 19.9 Å². The average Bonchev–Trinajstić information content (AvgIpc) is 1.55. The molecule has 0 aliphatic rings. The van der Waals surface area contributed by atoms with Crippen LogP contribution in [0, 0.1) is 0 Å². The first-order valence-electron chi connectivity index (χ1n) is 45.2. The van der Waals surface area contributed by atoms with Crippen LogP contribution < -0.4 is 4.90 Å². The Hall–Kier alpha value is -18.2. The molecule has 0 atom stereocenters. The Bertz CT molecular complexity index is 9130. The molecule has 0 aliphatic carbocycles. The Morgan fingerprint density at radius 1 is 0.179 bits per heavy atom. The van der Waals surface area contributed by atoms with Gasteiger partial charge < -0.3 is 9.47 Å². The van der Waals surface area contributed by atoms with Crippen LogP contribution >= 0.6 is 0 Å². The van der Waals surface area contributed by atoms with Crippen molar-refractivity contribution in [1.82, 2.24) is 48.6 Å². The van der Waals surface area contributed by atoms with E-state index in [1.165, 1.54) is 119 Å². The molecule has 0 N–H and O–H groups in total. The zero-order valence-corrected chi connectivity index (χ0v) is 72.5. The van der Waals surface area contributed by atoms with Crippen molar-refractivity contribution in [1.29, 1.82) is 0 Å². The highest BCUT2D eigenvalue weighted by Gasteiger charge is 2.26. The number of para-hydroxylation sites is 4. The van der Waals surface area contributed by atoms with Gasteiger partial charge in [0.15, 0.2) is 23.3 Å². The highest BCUT2D eigenvalue weighted by atomic mass is 15.2. The zero-order valence-electron chi connectivity index (χ0n) is 72.5. The SMILES string of the molecule is c1ccc(-c2cccc(-n3c4ccccc4c4ccc5c6ccc(N(c7ccccc7)c7cccc8ccccc78)cc6ccc5c43)c2)cc1.c1ccc(-c2nc(-c3ccccc3)nc(-n3c4ccccc4c4ccc5c6ccc(-c7ccccn7)cc6ccc5c43)n2)cc1.c1ccc(-c2nc(-c3ccccc3)nc(-n3c4ccccc4c4ccc5c6ccccc6ccc5c43)n2)cc1. The molecule has 0 radical (unpaired) electrons. The lowest BCUT2D eigenvalue weighted by atomic mass is 9.97. The molecule has 0 aliphatic heterocycles. The number of pyridine rings is 1. The molecule has 0 fully saturated rings. The van der Waals surface area contributed by atoms with Gasteiger partial charge in [0.25, 0.3) is 0 Å². The molecule has 6 heterocycles. The van der Waals surface area contributed by atoms with Crippen LogP contribution in [0.15, 0.2) is 479 Å². The maximum atomic E-state index is 5.12. The second kappa shape index (κ2) is 33.1. The second-order valence-electron chi connectivity index (χ2n) is 33.8. The Morgan fingerprint density at radius 2 is 0.522 bits per heavy atom. The van der Waals surface area contributed by atoms with Crippen LogP contribution in [-0.4, -0.2) is 48.6 Å². The lowest BCUT2D eigenvalue weighted by molar-refractivity contribution is 0.955. The van der Waals surface area contributed by atoms with Gasteiger partial charge in [-0.15, -0.1) is 0 Å². The standard InChI is InChI=1S/C48H32N2.C40H25N5.C35H22N4/c1-3-13-33(14-4-1)35-17-11-20-38(31-35)50-47-23-10-9-22-43(47)45-30-29-42-40-28-26-39(32-36(40)25-27-44(42)48(45)50)49(37-18-5-2-6-19-37)46-24-12-16-34-15-7-8-21-41(34)46;1-3-11-26(12-4-1)38-42-39(27-13-5-2-6-14-27)44-40(43-38)45-36-17-8-7-15-32(36)34-23-22-31-30-20-19-29(35-16-9-10-24-41-35)25-28(30)18-21-33(31)37(34)45;1-3-12-24(13-4-1)33-36-34(25-14-5-2-6-15-25)38-35(37-33)39-31-18-10-9-17-28(31)30-22-21-27-26-16-8-7-11-23(26)19-20-29(27)32(30)39/h1-32H;1-25H;1-22H. The molecule has 0 unspecified atom stereocenters. The molecule has 11 heteroatoms. The van der Waals surface area contributed by atoms with E-state index in [0.717, 1.165) is 88.8 Å². The van der Waals surface area contributed by atoms with E-state index in [-0.39, 0.29) is 0 Å². The summed E-state index contributed by atoms with van der Waals surface area (Å²) >= 11 is 0. The van der Waals surface area contributed by atoms with E-state index >= 15 is 0 Å². The van der Waals surface area contributed by atoms with Crippen molar-refractivity contribution in [3.8, 4) is 85.5 Å². The molecule has 0 saturated carbocycles. The minimum absolute atomic E-state index is 0.590. The van der Waals surface area contributed by atoms with Crippen LogP contribution in [0.4, 0.5) is 17.1 Å². The molecule has 21 aromatic carbocycles. The Kier molecular flexibility index (Phi) is 19.3. The van der Waals surface area contributed by atoms with Crippen LogP contribution in [0.3, 0.4) is 0 Å². The molecular weight excluding hydrogens is 1630 g/mol. The topological polar surface area (TPSA) is 108 Å². The largest absolute Gasteiger partial charge is 0.310 e. The summed E-state index contributed by atoms with van der Waals surface area (Å²) in [7, 11) is 0. The van der Waals surface area contributed by atoms with Gasteiger partial charge in [-0.25, -0.2) is 9.97 Å². The van der Waals surface area contributed by atoms with Gasteiger partial charge in [0.1, 0.15) is 0 Å². The summed E-state index contributed by atoms with van der Waals surface area (Å²) in [6.45, 7) is 0. The number of aromatic nitrogens is 10. The molecule has 0 spiro atoms. The number of nitrogens with zero attached hydrogens (tertiary/aromatic N) is 11. The van der Waals surface area contributed by atoms with Crippen molar-refractivity contribution in [2.45, 2.75) is 0 Å². The average molecular weight is 1710 g/mol. The Balaban J connectivity index is 0.000000108. The predicted molar refractivity (Wildman–Crippen MR) is 557 cm³/mol. The van der Waals surface area contributed by atoms with Crippen molar-refractivity contribution in [3.05, 3.63) is 479 Å². The number of hydrogen-bond acceptors (Lipinski definition) is 8. The fourth-order valence-corrected chi connectivity index (χ4v) is 19.9. The first-order valence-corrected chi connectivity index (χ1v) is 45.2. The third-order valence-electron chi connectivity index (χ3n) is 26.1. The number of benzene rings is 21. The van der Waals surface area contributed by atoms with E-state index in [1.807, 2.05) is 146 Å². The van der Waals surface area contributed by atoms with Crippen molar-refractivity contribution in [2.24, 2.45) is 0 Å². The number of anilines is 3. The monoisotopic (exact) mass is 1710 g/mol. The van der Waals surface area contributed by atoms with Gasteiger partial charge in [0.2, 0.25) is 11.9 Å². The molecule has 27 rings (SSSR count). The van der Waals surface area contributed by atoms with Gasteiger partial charge in [-0.3, -0.25) is 14.1 Å². The lowest BCUT2D eigenvalue weighted by Crippen LogP contribution is -2.10. The van der Waals surface area contributed by atoms with Crippen LogP contribution in [-0.2, 0) is 0 Å². The van der Waals surface area contributed by atoms with Gasteiger partial charge in [0.05, 0.1) is 44.5 Å². The zero-order chi connectivity index (χ0) is 88.5. The first-order chi connectivity index (χ1) is 66.5. The van der Waals surface area contributed by atoms with E-state index in [4.69, 9.17) is 29.9 Å². The second-order valence-corrected chi connectivity index (χ2v) is 33.8.